The summed E-state index contributed by atoms with van der Waals surface area (Å²) < 4.78 is 0. The fourth-order valence-corrected chi connectivity index (χ4v) is 3.79. The number of nitrogens with one attached hydrogen (secondary N) is 1. The molecule has 1 aromatic rings. The number of hydrogen-bond acceptors (Lipinski definition) is 4. The van der Waals surface area contributed by atoms with Crippen molar-refractivity contribution in [2.24, 2.45) is 0 Å². The van der Waals surface area contributed by atoms with E-state index < -0.39 is 0 Å². The van der Waals surface area contributed by atoms with Crippen molar-refractivity contribution in [3.8, 4) is 0 Å². The average Bonchev–Trinajstić information content (AvgIpc) is 2.68. The number of aromatic nitrogens is 1. The zero-order chi connectivity index (χ0) is 15.1. The monoisotopic (exact) mass is 309 g/mol. The highest BCUT2D eigenvalue weighted by Gasteiger charge is 2.12. The van der Waals surface area contributed by atoms with Crippen LogP contribution in [0.5, 0.6) is 0 Å². The van der Waals surface area contributed by atoms with Crippen molar-refractivity contribution < 1.29 is 0 Å². The van der Waals surface area contributed by atoms with Crippen molar-refractivity contribution in [2.75, 3.05) is 19.6 Å². The first-order valence-corrected chi connectivity index (χ1v) is 9.41. The SMILES string of the molecule is CCC(C)NCc1sc(CCN2CCCCCC2)nc1C. The number of likely N-dealkylation sites (tertiary alicyclic amines) is 1. The van der Waals surface area contributed by atoms with E-state index >= 15 is 0 Å². The van der Waals surface area contributed by atoms with Crippen molar-refractivity contribution in [3.05, 3.63) is 15.6 Å². The summed E-state index contributed by atoms with van der Waals surface area (Å²) in [6.45, 7) is 11.4. The minimum Gasteiger partial charge on any atom is -0.309 e. The van der Waals surface area contributed by atoms with E-state index in [9.17, 15) is 0 Å². The average molecular weight is 310 g/mol. The molecule has 1 saturated heterocycles. The van der Waals surface area contributed by atoms with Gasteiger partial charge < -0.3 is 10.2 Å². The van der Waals surface area contributed by atoms with Gasteiger partial charge in [0.25, 0.3) is 0 Å². The first kappa shape index (κ1) is 16.9. The summed E-state index contributed by atoms with van der Waals surface area (Å²) in [4.78, 5) is 8.82. The lowest BCUT2D eigenvalue weighted by molar-refractivity contribution is 0.288. The Balaban J connectivity index is 1.80. The normalized spacial score (nSPS) is 18.6. The molecule has 21 heavy (non-hydrogen) atoms. The standard InChI is InChI=1S/C17H31N3S/c1-4-14(2)18-13-16-15(3)19-17(21-16)9-12-20-10-7-5-6-8-11-20/h14,18H,4-13H2,1-3H3. The van der Waals surface area contributed by atoms with Gasteiger partial charge in [0.05, 0.1) is 10.7 Å². The molecular formula is C17H31N3S. The summed E-state index contributed by atoms with van der Waals surface area (Å²) in [6, 6.07) is 0.590. The van der Waals surface area contributed by atoms with Gasteiger partial charge in [0.15, 0.2) is 0 Å². The molecule has 0 spiro atoms. The molecule has 120 valence electrons. The fraction of sp³-hybridized carbons (Fsp3) is 0.824. The minimum atomic E-state index is 0.590. The van der Waals surface area contributed by atoms with Crippen LogP contribution in [0.3, 0.4) is 0 Å². The van der Waals surface area contributed by atoms with Crippen molar-refractivity contribution in [3.63, 3.8) is 0 Å². The molecular weight excluding hydrogens is 278 g/mol. The van der Waals surface area contributed by atoms with E-state index in [1.165, 1.54) is 67.3 Å². The molecule has 3 nitrogen and oxygen atoms in total. The number of hydrogen-bond donors (Lipinski definition) is 1. The van der Waals surface area contributed by atoms with E-state index in [1.807, 2.05) is 11.3 Å². The van der Waals surface area contributed by atoms with Crippen LogP contribution in [0, 0.1) is 6.92 Å². The van der Waals surface area contributed by atoms with Gasteiger partial charge >= 0.3 is 0 Å². The fourth-order valence-electron chi connectivity index (χ4n) is 2.78. The van der Waals surface area contributed by atoms with E-state index in [0.717, 1.165) is 13.0 Å². The Morgan fingerprint density at radius 2 is 1.95 bits per heavy atom. The zero-order valence-electron chi connectivity index (χ0n) is 14.0. The maximum Gasteiger partial charge on any atom is 0.0944 e. The molecule has 1 N–H and O–H groups in total. The van der Waals surface area contributed by atoms with E-state index in [1.54, 1.807) is 0 Å². The summed E-state index contributed by atoms with van der Waals surface area (Å²) in [5.74, 6) is 0. The molecule has 1 atom stereocenters. The molecule has 0 saturated carbocycles. The first-order chi connectivity index (χ1) is 10.2. The van der Waals surface area contributed by atoms with Crippen LogP contribution in [0.1, 0.15) is 61.5 Å². The van der Waals surface area contributed by atoms with Crippen LogP contribution in [0.4, 0.5) is 0 Å². The number of aryl methyl sites for hydroxylation is 1. The quantitative estimate of drug-likeness (QED) is 0.831. The van der Waals surface area contributed by atoms with Gasteiger partial charge in [0.2, 0.25) is 0 Å². The number of rotatable bonds is 7. The van der Waals surface area contributed by atoms with Gasteiger partial charge in [-0.3, -0.25) is 0 Å². The molecule has 1 unspecified atom stereocenters. The van der Waals surface area contributed by atoms with Crippen molar-refractivity contribution in [2.45, 2.75) is 71.9 Å². The number of thiazole rings is 1. The molecule has 0 aromatic carbocycles. The summed E-state index contributed by atoms with van der Waals surface area (Å²) in [5.41, 5.74) is 1.22. The maximum atomic E-state index is 4.77. The highest BCUT2D eigenvalue weighted by atomic mass is 32.1. The minimum absolute atomic E-state index is 0.590. The van der Waals surface area contributed by atoms with E-state index in [4.69, 9.17) is 4.98 Å². The topological polar surface area (TPSA) is 28.2 Å². The van der Waals surface area contributed by atoms with Crippen LogP contribution in [0.2, 0.25) is 0 Å². The molecule has 1 aliphatic heterocycles. The Bertz CT molecular complexity index is 408. The highest BCUT2D eigenvalue weighted by Crippen LogP contribution is 2.19. The van der Waals surface area contributed by atoms with Crippen LogP contribution >= 0.6 is 11.3 Å². The lowest BCUT2D eigenvalue weighted by Gasteiger charge is -2.18. The Labute approximate surface area is 134 Å². The summed E-state index contributed by atoms with van der Waals surface area (Å²) in [7, 11) is 0. The van der Waals surface area contributed by atoms with Crippen molar-refractivity contribution in [1.82, 2.24) is 15.2 Å². The highest BCUT2D eigenvalue weighted by molar-refractivity contribution is 7.11. The van der Waals surface area contributed by atoms with Gasteiger partial charge in [0, 0.05) is 30.4 Å². The lowest BCUT2D eigenvalue weighted by Crippen LogP contribution is -2.26. The van der Waals surface area contributed by atoms with E-state index in [-0.39, 0.29) is 0 Å². The van der Waals surface area contributed by atoms with Crippen LogP contribution in [0.15, 0.2) is 0 Å². The van der Waals surface area contributed by atoms with Crippen LogP contribution in [-0.4, -0.2) is 35.6 Å². The van der Waals surface area contributed by atoms with Gasteiger partial charge in [-0.2, -0.15) is 0 Å². The summed E-state index contributed by atoms with van der Waals surface area (Å²) >= 11 is 1.91. The Kier molecular flexibility index (Phi) is 7.14. The second-order valence-corrected chi connectivity index (χ2v) is 7.48. The van der Waals surface area contributed by atoms with Crippen LogP contribution < -0.4 is 5.32 Å². The molecule has 1 aromatic heterocycles. The van der Waals surface area contributed by atoms with Gasteiger partial charge in [0.1, 0.15) is 0 Å². The molecule has 4 heteroatoms. The van der Waals surface area contributed by atoms with Gasteiger partial charge in [-0.15, -0.1) is 11.3 Å². The third-order valence-electron chi connectivity index (χ3n) is 4.50. The molecule has 0 aliphatic carbocycles. The molecule has 2 rings (SSSR count). The smallest absolute Gasteiger partial charge is 0.0944 e. The summed E-state index contributed by atoms with van der Waals surface area (Å²) in [5, 5.41) is 4.89. The third-order valence-corrected chi connectivity index (χ3v) is 5.72. The molecule has 0 radical (unpaired) electrons. The van der Waals surface area contributed by atoms with Gasteiger partial charge in [-0.05, 0) is 46.2 Å². The molecule has 0 bridgehead atoms. The van der Waals surface area contributed by atoms with Crippen molar-refractivity contribution >= 4 is 11.3 Å². The molecule has 1 fully saturated rings. The van der Waals surface area contributed by atoms with Crippen molar-refractivity contribution in [1.29, 1.82) is 0 Å². The zero-order valence-corrected chi connectivity index (χ0v) is 14.8. The van der Waals surface area contributed by atoms with Crippen LogP contribution in [0.25, 0.3) is 0 Å². The lowest BCUT2D eigenvalue weighted by atomic mass is 10.2. The Morgan fingerprint density at radius 1 is 1.24 bits per heavy atom. The molecule has 2 heterocycles. The number of nitrogens with zero attached hydrogens (tertiary/aromatic N) is 2. The van der Waals surface area contributed by atoms with Gasteiger partial charge in [-0.1, -0.05) is 19.8 Å². The van der Waals surface area contributed by atoms with Gasteiger partial charge in [-0.25, -0.2) is 4.98 Å². The summed E-state index contributed by atoms with van der Waals surface area (Å²) in [6.07, 6.45) is 7.88. The maximum absolute atomic E-state index is 4.77. The predicted octanol–water partition coefficient (Wildman–Crippen LogP) is 3.76. The first-order valence-electron chi connectivity index (χ1n) is 8.60. The van der Waals surface area contributed by atoms with E-state index in [2.05, 4.69) is 31.0 Å². The second-order valence-electron chi connectivity index (χ2n) is 6.31. The Hall–Kier alpha value is -0.450. The second kappa shape index (κ2) is 8.86. The Morgan fingerprint density at radius 3 is 2.62 bits per heavy atom. The third kappa shape index (κ3) is 5.68. The van der Waals surface area contributed by atoms with Crippen LogP contribution in [-0.2, 0) is 13.0 Å². The molecule has 0 amide bonds. The van der Waals surface area contributed by atoms with E-state index in [0.29, 0.717) is 6.04 Å². The largest absolute Gasteiger partial charge is 0.309 e. The predicted molar refractivity (Wildman–Crippen MR) is 92.1 cm³/mol. The molecule has 1 aliphatic rings.